The SMILES string of the molecule is CCOC(=O)NC(=O)c1ccsc1NC(=O)c1ccnc(NC(=O)N2CCS(=O)(=O)CC2)c1. The predicted octanol–water partition coefficient (Wildman–Crippen LogP) is 1.54. The monoisotopic (exact) mass is 495 g/mol. The summed E-state index contributed by atoms with van der Waals surface area (Å²) in [5.74, 6) is -1.40. The number of anilines is 2. The van der Waals surface area contributed by atoms with Gasteiger partial charge in [0.05, 0.1) is 23.7 Å². The van der Waals surface area contributed by atoms with Gasteiger partial charge in [-0.3, -0.25) is 20.2 Å². The molecule has 12 nitrogen and oxygen atoms in total. The van der Waals surface area contributed by atoms with E-state index in [1.807, 2.05) is 0 Å². The average Bonchev–Trinajstić information content (AvgIpc) is 3.22. The fourth-order valence-electron chi connectivity index (χ4n) is 2.83. The Morgan fingerprint density at radius 2 is 1.85 bits per heavy atom. The summed E-state index contributed by atoms with van der Waals surface area (Å²) in [4.78, 5) is 54.1. The number of pyridine rings is 1. The second kappa shape index (κ2) is 10.4. The molecule has 33 heavy (non-hydrogen) atoms. The third-order valence-electron chi connectivity index (χ3n) is 4.52. The molecule has 1 saturated heterocycles. The molecule has 0 aromatic carbocycles. The van der Waals surface area contributed by atoms with Crippen LogP contribution >= 0.6 is 11.3 Å². The molecule has 2 aromatic rings. The Hall–Kier alpha value is -3.52. The molecule has 1 aliphatic rings. The molecule has 3 N–H and O–H groups in total. The summed E-state index contributed by atoms with van der Waals surface area (Å²) < 4.78 is 27.7. The third kappa shape index (κ3) is 6.49. The van der Waals surface area contributed by atoms with Crippen molar-refractivity contribution in [1.82, 2.24) is 15.2 Å². The van der Waals surface area contributed by atoms with E-state index in [1.54, 1.807) is 12.3 Å². The van der Waals surface area contributed by atoms with Crippen LogP contribution in [-0.2, 0) is 14.6 Å². The fraction of sp³-hybridized carbons (Fsp3) is 0.316. The van der Waals surface area contributed by atoms with Crippen LogP contribution in [0.1, 0.15) is 27.6 Å². The molecule has 3 heterocycles. The standard InChI is InChI=1S/C19H21N5O7S2/c1-2-31-19(28)23-16(26)13-4-8-32-17(13)22-15(25)12-3-5-20-14(11-12)21-18(27)24-6-9-33(29,30)10-7-24/h3-5,8,11H,2,6-7,9-10H2,1H3,(H,22,25)(H,20,21,27)(H,23,26,28). The lowest BCUT2D eigenvalue weighted by molar-refractivity contribution is 0.0926. The predicted molar refractivity (Wildman–Crippen MR) is 120 cm³/mol. The highest BCUT2D eigenvalue weighted by molar-refractivity contribution is 7.91. The van der Waals surface area contributed by atoms with Crippen LogP contribution < -0.4 is 16.0 Å². The van der Waals surface area contributed by atoms with E-state index in [2.05, 4.69) is 25.7 Å². The number of sulfone groups is 1. The number of imide groups is 1. The number of alkyl carbamates (subject to hydrolysis) is 1. The van der Waals surface area contributed by atoms with Crippen LogP contribution in [0.2, 0.25) is 0 Å². The van der Waals surface area contributed by atoms with Crippen LogP contribution in [0.4, 0.5) is 20.4 Å². The number of nitrogens with zero attached hydrogens (tertiary/aromatic N) is 2. The molecule has 0 atom stereocenters. The van der Waals surface area contributed by atoms with Gasteiger partial charge in [0, 0.05) is 24.8 Å². The van der Waals surface area contributed by atoms with Crippen LogP contribution in [-0.4, -0.2) is 73.4 Å². The number of ether oxygens (including phenoxy) is 1. The Balaban J connectivity index is 1.64. The number of nitrogens with one attached hydrogen (secondary N) is 3. The maximum atomic E-state index is 12.7. The van der Waals surface area contributed by atoms with Crippen molar-refractivity contribution < 1.29 is 32.3 Å². The van der Waals surface area contributed by atoms with Crippen LogP contribution in [0, 0.1) is 0 Å². The highest BCUT2D eigenvalue weighted by atomic mass is 32.2. The summed E-state index contributed by atoms with van der Waals surface area (Å²) in [6.07, 6.45) is 0.431. The van der Waals surface area contributed by atoms with Crippen molar-refractivity contribution in [2.75, 3.05) is 41.8 Å². The molecular formula is C19H21N5O7S2. The Morgan fingerprint density at radius 3 is 2.55 bits per heavy atom. The zero-order valence-electron chi connectivity index (χ0n) is 17.5. The molecule has 14 heteroatoms. The van der Waals surface area contributed by atoms with Gasteiger partial charge in [0.1, 0.15) is 10.8 Å². The lowest BCUT2D eigenvalue weighted by Crippen LogP contribution is -2.45. The normalized spacial score (nSPS) is 14.8. The highest BCUT2D eigenvalue weighted by Crippen LogP contribution is 2.24. The first-order chi connectivity index (χ1) is 15.7. The van der Waals surface area contributed by atoms with E-state index in [0.29, 0.717) is 0 Å². The van der Waals surface area contributed by atoms with E-state index < -0.39 is 33.8 Å². The molecule has 1 fully saturated rings. The summed E-state index contributed by atoms with van der Waals surface area (Å²) in [6, 6.07) is 3.70. The molecule has 3 rings (SSSR count). The van der Waals surface area contributed by atoms with Gasteiger partial charge in [-0.15, -0.1) is 11.3 Å². The summed E-state index contributed by atoms with van der Waals surface area (Å²) >= 11 is 1.09. The Labute approximate surface area is 193 Å². The van der Waals surface area contributed by atoms with Gasteiger partial charge in [-0.25, -0.2) is 23.0 Å². The van der Waals surface area contributed by atoms with E-state index in [4.69, 9.17) is 0 Å². The number of carbonyl (C=O) groups excluding carboxylic acids is 4. The highest BCUT2D eigenvalue weighted by Gasteiger charge is 2.25. The van der Waals surface area contributed by atoms with Gasteiger partial charge < -0.3 is 15.0 Å². The zero-order chi connectivity index (χ0) is 24.0. The average molecular weight is 496 g/mol. The molecule has 2 aromatic heterocycles. The largest absolute Gasteiger partial charge is 0.450 e. The lowest BCUT2D eigenvalue weighted by Gasteiger charge is -2.26. The number of rotatable bonds is 5. The van der Waals surface area contributed by atoms with Gasteiger partial charge in [-0.1, -0.05) is 0 Å². The van der Waals surface area contributed by atoms with Crippen molar-refractivity contribution in [3.8, 4) is 0 Å². The van der Waals surface area contributed by atoms with Crippen molar-refractivity contribution in [3.63, 3.8) is 0 Å². The molecule has 0 saturated carbocycles. The number of aromatic nitrogens is 1. The number of urea groups is 1. The van der Waals surface area contributed by atoms with E-state index in [-0.39, 0.29) is 53.1 Å². The first kappa shape index (κ1) is 24.1. The van der Waals surface area contributed by atoms with Gasteiger partial charge >= 0.3 is 12.1 Å². The molecule has 0 unspecified atom stereocenters. The minimum Gasteiger partial charge on any atom is -0.450 e. The first-order valence-electron chi connectivity index (χ1n) is 9.78. The van der Waals surface area contributed by atoms with Crippen LogP contribution in [0.5, 0.6) is 0 Å². The molecule has 0 spiro atoms. The number of carbonyl (C=O) groups is 4. The second-order valence-electron chi connectivity index (χ2n) is 6.79. The minimum absolute atomic E-state index is 0.0728. The molecule has 0 aliphatic carbocycles. The molecule has 5 amide bonds. The Kier molecular flexibility index (Phi) is 7.60. The van der Waals surface area contributed by atoms with Crippen LogP contribution in [0.15, 0.2) is 29.8 Å². The summed E-state index contributed by atoms with van der Waals surface area (Å²) in [7, 11) is -3.13. The van der Waals surface area contributed by atoms with Crippen LogP contribution in [0.25, 0.3) is 0 Å². The number of hydrogen-bond donors (Lipinski definition) is 3. The second-order valence-corrected chi connectivity index (χ2v) is 10.0. The molecule has 0 bridgehead atoms. The minimum atomic E-state index is -3.13. The lowest BCUT2D eigenvalue weighted by atomic mass is 10.2. The molecule has 1 aliphatic heterocycles. The smallest absolute Gasteiger partial charge is 0.414 e. The third-order valence-corrected chi connectivity index (χ3v) is 6.96. The molecule has 176 valence electrons. The van der Waals surface area contributed by atoms with Crippen molar-refractivity contribution in [2.45, 2.75) is 6.92 Å². The van der Waals surface area contributed by atoms with E-state index >= 15 is 0 Å². The fourth-order valence-corrected chi connectivity index (χ4v) is 4.81. The zero-order valence-corrected chi connectivity index (χ0v) is 19.1. The Bertz CT molecular complexity index is 1160. The topological polar surface area (TPSA) is 164 Å². The summed E-state index contributed by atoms with van der Waals surface area (Å²) in [6.45, 7) is 1.85. The number of hydrogen-bond acceptors (Lipinski definition) is 9. The first-order valence-corrected chi connectivity index (χ1v) is 12.5. The Morgan fingerprint density at radius 1 is 1.12 bits per heavy atom. The van der Waals surface area contributed by atoms with E-state index in [0.717, 1.165) is 11.3 Å². The quantitative estimate of drug-likeness (QED) is 0.562. The maximum absolute atomic E-state index is 12.7. The summed E-state index contributed by atoms with van der Waals surface area (Å²) in [5.41, 5.74) is 0.246. The van der Waals surface area contributed by atoms with E-state index in [9.17, 15) is 27.6 Å². The van der Waals surface area contributed by atoms with Gasteiger partial charge in [-0.2, -0.15) is 0 Å². The van der Waals surface area contributed by atoms with Gasteiger partial charge in [-0.05, 0) is 30.5 Å². The van der Waals surface area contributed by atoms with Crippen molar-refractivity contribution >= 4 is 55.9 Å². The summed E-state index contributed by atoms with van der Waals surface area (Å²) in [5, 5.41) is 9.00. The number of amides is 5. The molecular weight excluding hydrogens is 474 g/mol. The number of thiophene rings is 1. The van der Waals surface area contributed by atoms with Crippen LogP contribution in [0.3, 0.4) is 0 Å². The van der Waals surface area contributed by atoms with E-state index in [1.165, 1.54) is 29.3 Å². The maximum Gasteiger partial charge on any atom is 0.414 e. The van der Waals surface area contributed by atoms with Gasteiger partial charge in [0.25, 0.3) is 11.8 Å². The van der Waals surface area contributed by atoms with Gasteiger partial charge in [0.2, 0.25) is 0 Å². The molecule has 0 radical (unpaired) electrons. The van der Waals surface area contributed by atoms with Crippen molar-refractivity contribution in [2.24, 2.45) is 0 Å². The van der Waals surface area contributed by atoms with Gasteiger partial charge in [0.15, 0.2) is 9.84 Å². The van der Waals surface area contributed by atoms with Crippen molar-refractivity contribution in [1.29, 1.82) is 0 Å². The van der Waals surface area contributed by atoms with Crippen molar-refractivity contribution in [3.05, 3.63) is 40.9 Å².